The number of rotatable bonds is 17. The van der Waals surface area contributed by atoms with Crippen molar-refractivity contribution < 1.29 is 18.7 Å². The number of benzene rings is 3. The van der Waals surface area contributed by atoms with Gasteiger partial charge in [0.15, 0.2) is 11.6 Å². The van der Waals surface area contributed by atoms with E-state index in [4.69, 9.17) is 9.47 Å². The number of carbonyl (C=O) groups excluding carboxylic acids is 1. The molecule has 204 valence electrons. The molecule has 0 fully saturated rings. The first-order valence-electron chi connectivity index (χ1n) is 14.4. The monoisotopic (exact) mass is 518 g/mol. The van der Waals surface area contributed by atoms with Crippen molar-refractivity contribution in [2.75, 3.05) is 6.61 Å². The molecule has 3 aromatic carbocycles. The lowest BCUT2D eigenvalue weighted by Crippen LogP contribution is -2.09. The molecule has 0 amide bonds. The van der Waals surface area contributed by atoms with E-state index >= 15 is 0 Å². The van der Waals surface area contributed by atoms with E-state index in [0.29, 0.717) is 5.56 Å². The van der Waals surface area contributed by atoms with Gasteiger partial charge < -0.3 is 9.47 Å². The maximum absolute atomic E-state index is 14.5. The standard InChI is InChI=1S/C34H43FO3/c1-3-5-7-9-11-13-25-37-31-22-20-29(21-23-31)28-16-18-30(19-17-28)34(36)38-33-24-15-27(26-32(33)35)14-12-10-8-6-4-2/h15-24,26H,3-14,25H2,1-2H3. The first-order chi connectivity index (χ1) is 18.6. The van der Waals surface area contributed by atoms with Crippen molar-refractivity contribution in [1.82, 2.24) is 0 Å². The summed E-state index contributed by atoms with van der Waals surface area (Å²) in [6.45, 7) is 5.16. The molecule has 0 radical (unpaired) electrons. The molecule has 3 rings (SSSR count). The predicted molar refractivity (Wildman–Crippen MR) is 155 cm³/mol. The topological polar surface area (TPSA) is 35.5 Å². The minimum Gasteiger partial charge on any atom is -0.494 e. The zero-order chi connectivity index (χ0) is 27.0. The van der Waals surface area contributed by atoms with Crippen molar-refractivity contribution in [1.29, 1.82) is 0 Å². The summed E-state index contributed by atoms with van der Waals surface area (Å²) in [5.74, 6) is -0.238. The number of carbonyl (C=O) groups is 1. The average molecular weight is 519 g/mol. The van der Waals surface area contributed by atoms with E-state index < -0.39 is 11.8 Å². The highest BCUT2D eigenvalue weighted by molar-refractivity contribution is 5.91. The third kappa shape index (κ3) is 9.96. The summed E-state index contributed by atoms with van der Waals surface area (Å²) in [5.41, 5.74) is 3.33. The Kier molecular flexibility index (Phi) is 12.9. The van der Waals surface area contributed by atoms with Gasteiger partial charge in [0, 0.05) is 0 Å². The maximum Gasteiger partial charge on any atom is 0.343 e. The van der Waals surface area contributed by atoms with Crippen LogP contribution in [0.2, 0.25) is 0 Å². The van der Waals surface area contributed by atoms with E-state index in [1.165, 1.54) is 57.4 Å². The molecule has 3 nitrogen and oxygen atoms in total. The molecule has 4 heteroatoms. The lowest BCUT2D eigenvalue weighted by molar-refractivity contribution is 0.0728. The molecule has 0 heterocycles. The van der Waals surface area contributed by atoms with Crippen molar-refractivity contribution >= 4 is 5.97 Å². The molecule has 0 spiro atoms. The van der Waals surface area contributed by atoms with Crippen molar-refractivity contribution in [3.63, 3.8) is 0 Å². The van der Waals surface area contributed by atoms with Crippen LogP contribution in [0.15, 0.2) is 66.7 Å². The number of hydrogen-bond acceptors (Lipinski definition) is 3. The van der Waals surface area contributed by atoms with E-state index in [1.54, 1.807) is 18.2 Å². The fraction of sp³-hybridized carbons (Fsp3) is 0.441. The van der Waals surface area contributed by atoms with Gasteiger partial charge in [-0.1, -0.05) is 102 Å². The fourth-order valence-electron chi connectivity index (χ4n) is 4.49. The highest BCUT2D eigenvalue weighted by atomic mass is 19.1. The van der Waals surface area contributed by atoms with Crippen LogP contribution < -0.4 is 9.47 Å². The highest BCUT2D eigenvalue weighted by Gasteiger charge is 2.13. The van der Waals surface area contributed by atoms with Gasteiger partial charge in [-0.25, -0.2) is 9.18 Å². The molecule has 0 saturated heterocycles. The zero-order valence-electron chi connectivity index (χ0n) is 23.1. The second-order valence-corrected chi connectivity index (χ2v) is 10.0. The molecule has 38 heavy (non-hydrogen) atoms. The van der Waals surface area contributed by atoms with Crippen molar-refractivity contribution in [3.05, 3.63) is 83.7 Å². The molecule has 0 aliphatic carbocycles. The van der Waals surface area contributed by atoms with Crippen LogP contribution in [0, 0.1) is 5.82 Å². The first kappa shape index (κ1) is 29.4. The van der Waals surface area contributed by atoms with Crippen molar-refractivity contribution in [2.45, 2.75) is 90.9 Å². The van der Waals surface area contributed by atoms with E-state index in [2.05, 4.69) is 13.8 Å². The maximum atomic E-state index is 14.5. The van der Waals surface area contributed by atoms with E-state index in [9.17, 15) is 9.18 Å². The zero-order valence-corrected chi connectivity index (χ0v) is 23.1. The van der Waals surface area contributed by atoms with Gasteiger partial charge in [0.2, 0.25) is 0 Å². The van der Waals surface area contributed by atoms with Crippen LogP contribution in [0.1, 0.15) is 100 Å². The number of hydrogen-bond donors (Lipinski definition) is 0. The van der Waals surface area contributed by atoms with Gasteiger partial charge in [-0.05, 0) is 72.4 Å². The van der Waals surface area contributed by atoms with Gasteiger partial charge in [0.1, 0.15) is 5.75 Å². The molecule has 0 aromatic heterocycles. The largest absolute Gasteiger partial charge is 0.494 e. The molecule has 3 aromatic rings. The molecule has 0 aliphatic rings. The molecule has 0 saturated carbocycles. The Bertz CT molecular complexity index is 1090. The van der Waals surface area contributed by atoms with Crippen LogP contribution in [0.4, 0.5) is 4.39 Å². The van der Waals surface area contributed by atoms with Crippen LogP contribution in [-0.2, 0) is 6.42 Å². The molecule has 0 bridgehead atoms. The van der Waals surface area contributed by atoms with Gasteiger partial charge in [-0.2, -0.15) is 0 Å². The van der Waals surface area contributed by atoms with Crippen LogP contribution >= 0.6 is 0 Å². The SMILES string of the molecule is CCCCCCCCOc1ccc(-c2ccc(C(=O)Oc3ccc(CCCCCCC)cc3F)cc2)cc1. The third-order valence-corrected chi connectivity index (χ3v) is 6.84. The fourth-order valence-corrected chi connectivity index (χ4v) is 4.49. The first-order valence-corrected chi connectivity index (χ1v) is 14.4. The van der Waals surface area contributed by atoms with Crippen LogP contribution in [-0.4, -0.2) is 12.6 Å². The molecule has 0 unspecified atom stereocenters. The summed E-state index contributed by atoms with van der Waals surface area (Å²) in [6, 6.07) is 20.0. The van der Waals surface area contributed by atoms with E-state index in [1.807, 2.05) is 42.5 Å². The second kappa shape index (κ2) is 16.7. The summed E-state index contributed by atoms with van der Waals surface area (Å²) in [6.07, 6.45) is 14.2. The van der Waals surface area contributed by atoms with E-state index in [-0.39, 0.29) is 5.75 Å². The van der Waals surface area contributed by atoms with Gasteiger partial charge in [0.25, 0.3) is 0 Å². The smallest absolute Gasteiger partial charge is 0.343 e. The van der Waals surface area contributed by atoms with Crippen LogP contribution in [0.3, 0.4) is 0 Å². The minimum atomic E-state index is -0.568. The molecule has 0 N–H and O–H groups in total. The predicted octanol–water partition coefficient (Wildman–Crippen LogP) is 9.96. The molecule has 0 aliphatic heterocycles. The summed E-state index contributed by atoms with van der Waals surface area (Å²) >= 11 is 0. The second-order valence-electron chi connectivity index (χ2n) is 10.0. The molecular formula is C34H43FO3. The highest BCUT2D eigenvalue weighted by Crippen LogP contribution is 2.25. The molecule has 0 atom stereocenters. The van der Waals surface area contributed by atoms with Crippen molar-refractivity contribution in [3.8, 4) is 22.6 Å². The molecular weight excluding hydrogens is 475 g/mol. The summed E-state index contributed by atoms with van der Waals surface area (Å²) < 4.78 is 25.8. The number of ether oxygens (including phenoxy) is 2. The van der Waals surface area contributed by atoms with Gasteiger partial charge in [0.05, 0.1) is 12.2 Å². The Hall–Kier alpha value is -3.14. The van der Waals surface area contributed by atoms with Gasteiger partial charge in [-0.3, -0.25) is 0 Å². The summed E-state index contributed by atoms with van der Waals surface area (Å²) in [5, 5.41) is 0. The summed E-state index contributed by atoms with van der Waals surface area (Å²) in [7, 11) is 0. The summed E-state index contributed by atoms with van der Waals surface area (Å²) in [4.78, 5) is 12.6. The number of halogens is 1. The Labute approximate surface area is 228 Å². The normalized spacial score (nSPS) is 10.9. The lowest BCUT2D eigenvalue weighted by Gasteiger charge is -2.09. The minimum absolute atomic E-state index is 0.0367. The Morgan fingerprint density at radius 2 is 1.26 bits per heavy atom. The average Bonchev–Trinajstić information content (AvgIpc) is 2.94. The Balaban J connectivity index is 1.47. The lowest BCUT2D eigenvalue weighted by atomic mass is 10.0. The van der Waals surface area contributed by atoms with E-state index in [0.717, 1.165) is 54.7 Å². The third-order valence-electron chi connectivity index (χ3n) is 6.84. The quantitative estimate of drug-likeness (QED) is 0.101. The Morgan fingerprint density at radius 3 is 1.89 bits per heavy atom. The van der Waals surface area contributed by atoms with Crippen LogP contribution in [0.25, 0.3) is 11.1 Å². The van der Waals surface area contributed by atoms with Gasteiger partial charge >= 0.3 is 5.97 Å². The number of unbranched alkanes of at least 4 members (excludes halogenated alkanes) is 9. The Morgan fingerprint density at radius 1 is 0.684 bits per heavy atom. The van der Waals surface area contributed by atoms with Gasteiger partial charge in [-0.15, -0.1) is 0 Å². The number of aryl methyl sites for hydroxylation is 1. The van der Waals surface area contributed by atoms with Crippen molar-refractivity contribution in [2.24, 2.45) is 0 Å². The number of esters is 1. The van der Waals surface area contributed by atoms with Crippen LogP contribution in [0.5, 0.6) is 11.5 Å².